The quantitative estimate of drug-likeness (QED) is 0.205. The molecule has 1 spiro atoms. The van der Waals surface area contributed by atoms with Crippen LogP contribution in [0.15, 0.2) is 54.2 Å². The van der Waals surface area contributed by atoms with Crippen LogP contribution in [0.1, 0.15) is 79.5 Å². The summed E-state index contributed by atoms with van der Waals surface area (Å²) in [5.74, 6) is -0.480. The van der Waals surface area contributed by atoms with Gasteiger partial charge in [0.2, 0.25) is 0 Å². The van der Waals surface area contributed by atoms with Crippen LogP contribution in [-0.2, 0) is 16.0 Å². The van der Waals surface area contributed by atoms with Crippen molar-refractivity contribution in [2.75, 3.05) is 13.7 Å². The number of alkyl halides is 2. The Balaban J connectivity index is 1.55. The minimum atomic E-state index is -3.07. The number of fused-ring (bicyclic) bond motifs is 1. The third-order valence-electron chi connectivity index (χ3n) is 8.55. The van der Waals surface area contributed by atoms with E-state index in [1.54, 1.807) is 52.1 Å². The summed E-state index contributed by atoms with van der Waals surface area (Å²) in [5, 5.41) is 0.569. The third-order valence-corrected chi connectivity index (χ3v) is 8.55. The summed E-state index contributed by atoms with van der Waals surface area (Å²) in [6, 6.07) is 9.88. The van der Waals surface area contributed by atoms with E-state index in [2.05, 4.69) is 4.90 Å². The van der Waals surface area contributed by atoms with E-state index in [0.29, 0.717) is 59.8 Å². The number of esters is 1. The molecule has 2 heterocycles. The zero-order valence-corrected chi connectivity index (χ0v) is 25.4. The predicted molar refractivity (Wildman–Crippen MR) is 156 cm³/mol. The molecular weight excluding hydrogens is 580 g/mol. The van der Waals surface area contributed by atoms with Crippen LogP contribution in [0.4, 0.5) is 22.4 Å². The molecule has 236 valence electrons. The SMILES string of the molecule is COC(=O)c1ccc([C@@H]2CC3(CCN2Cc2c(OC(F)F)cc(C)c4c2ccn4C(=O)OC(C)(C)C)CC(=C(F)F)C3)cc1. The second kappa shape index (κ2) is 11.9. The highest BCUT2D eigenvalue weighted by atomic mass is 19.3. The number of carbonyl (C=O) groups excluding carboxylic acids is 2. The first-order chi connectivity index (χ1) is 20.7. The van der Waals surface area contributed by atoms with E-state index in [-0.39, 0.29) is 29.3 Å². The summed E-state index contributed by atoms with van der Waals surface area (Å²) in [6.45, 7) is 4.62. The highest BCUT2D eigenvalue weighted by Gasteiger charge is 2.48. The number of aryl methyl sites for hydroxylation is 1. The monoisotopic (exact) mass is 616 g/mol. The maximum absolute atomic E-state index is 13.6. The van der Waals surface area contributed by atoms with Crippen LogP contribution >= 0.6 is 0 Å². The Kier molecular flexibility index (Phi) is 8.54. The van der Waals surface area contributed by atoms with Gasteiger partial charge in [-0.3, -0.25) is 9.47 Å². The number of hydrogen-bond donors (Lipinski definition) is 0. The number of allylic oxidation sites excluding steroid dienone is 1. The topological polar surface area (TPSA) is 70.0 Å². The molecule has 1 saturated carbocycles. The van der Waals surface area contributed by atoms with Gasteiger partial charge in [-0.2, -0.15) is 17.6 Å². The molecule has 0 radical (unpaired) electrons. The number of piperidine rings is 1. The van der Waals surface area contributed by atoms with E-state index in [9.17, 15) is 27.2 Å². The molecule has 3 aromatic rings. The van der Waals surface area contributed by atoms with E-state index in [1.807, 2.05) is 12.1 Å². The number of ether oxygens (including phenoxy) is 3. The number of carbonyl (C=O) groups is 2. The van der Waals surface area contributed by atoms with E-state index in [1.165, 1.54) is 17.7 Å². The number of methoxy groups -OCH3 is 1. The lowest BCUT2D eigenvalue weighted by molar-refractivity contribution is -0.0512. The average molecular weight is 617 g/mol. The lowest BCUT2D eigenvalue weighted by Gasteiger charge is -2.52. The van der Waals surface area contributed by atoms with E-state index < -0.39 is 30.4 Å². The van der Waals surface area contributed by atoms with Crippen LogP contribution < -0.4 is 4.74 Å². The summed E-state index contributed by atoms with van der Waals surface area (Å²) >= 11 is 0. The van der Waals surface area contributed by atoms with Crippen molar-refractivity contribution in [3.63, 3.8) is 0 Å². The predicted octanol–water partition coefficient (Wildman–Crippen LogP) is 8.39. The second-order valence-corrected chi connectivity index (χ2v) is 12.7. The lowest BCUT2D eigenvalue weighted by Crippen LogP contribution is -2.46. The summed E-state index contributed by atoms with van der Waals surface area (Å²) in [7, 11) is 1.30. The van der Waals surface area contributed by atoms with Crippen molar-refractivity contribution < 1.29 is 41.4 Å². The molecule has 11 heteroatoms. The van der Waals surface area contributed by atoms with Gasteiger partial charge in [-0.05, 0) is 106 Å². The first-order valence-corrected chi connectivity index (χ1v) is 14.5. The Morgan fingerprint density at radius 3 is 2.36 bits per heavy atom. The van der Waals surface area contributed by atoms with Gasteiger partial charge in [-0.1, -0.05) is 12.1 Å². The molecule has 5 rings (SSSR count). The van der Waals surface area contributed by atoms with Gasteiger partial charge in [0, 0.05) is 29.7 Å². The molecule has 0 bridgehead atoms. The summed E-state index contributed by atoms with van der Waals surface area (Å²) < 4.78 is 70.8. The number of hydrogen-bond acceptors (Lipinski definition) is 6. The highest BCUT2D eigenvalue weighted by molar-refractivity contribution is 5.95. The molecule has 1 aliphatic carbocycles. The number of aromatic nitrogens is 1. The van der Waals surface area contributed by atoms with Gasteiger partial charge in [0.15, 0.2) is 0 Å². The molecule has 2 aromatic carbocycles. The van der Waals surface area contributed by atoms with Crippen molar-refractivity contribution >= 4 is 23.0 Å². The number of likely N-dealkylation sites (tertiary alicyclic amines) is 1. The molecule has 1 aliphatic heterocycles. The molecule has 1 aromatic heterocycles. The molecular formula is C33H36F4N2O5. The third kappa shape index (κ3) is 6.33. The van der Waals surface area contributed by atoms with Crippen LogP contribution in [0.25, 0.3) is 10.9 Å². The smallest absolute Gasteiger partial charge is 0.419 e. The minimum Gasteiger partial charge on any atom is -0.465 e. The summed E-state index contributed by atoms with van der Waals surface area (Å²) in [4.78, 5) is 27.2. The van der Waals surface area contributed by atoms with Gasteiger partial charge < -0.3 is 14.2 Å². The molecule has 0 unspecified atom stereocenters. The van der Waals surface area contributed by atoms with E-state index in [4.69, 9.17) is 14.2 Å². The van der Waals surface area contributed by atoms with Crippen LogP contribution in [-0.4, -0.2) is 47.4 Å². The number of benzene rings is 2. The minimum absolute atomic E-state index is 0.000351. The molecule has 1 saturated heterocycles. The largest absolute Gasteiger partial charge is 0.465 e. The van der Waals surface area contributed by atoms with Crippen molar-refractivity contribution in [2.24, 2.45) is 5.41 Å². The zero-order chi connectivity index (χ0) is 32.0. The van der Waals surface area contributed by atoms with Crippen LogP contribution in [0.3, 0.4) is 0 Å². The van der Waals surface area contributed by atoms with E-state index >= 15 is 0 Å². The first kappa shape index (κ1) is 31.6. The molecule has 0 N–H and O–H groups in total. The Hall–Kier alpha value is -3.86. The van der Waals surface area contributed by atoms with Gasteiger partial charge in [0.05, 0.1) is 18.2 Å². The van der Waals surface area contributed by atoms with Crippen LogP contribution in [0.2, 0.25) is 0 Å². The fourth-order valence-corrected chi connectivity index (χ4v) is 6.56. The summed E-state index contributed by atoms with van der Waals surface area (Å²) in [5.41, 5.74) is 1.93. The maximum atomic E-state index is 13.6. The normalized spacial score (nSPS) is 20.6. The van der Waals surface area contributed by atoms with Gasteiger partial charge in [-0.15, -0.1) is 0 Å². The Morgan fingerprint density at radius 1 is 1.09 bits per heavy atom. The maximum Gasteiger partial charge on any atom is 0.419 e. The average Bonchev–Trinajstić information content (AvgIpc) is 3.38. The molecule has 2 fully saturated rings. The van der Waals surface area contributed by atoms with Gasteiger partial charge in [-0.25, -0.2) is 9.59 Å². The molecule has 0 amide bonds. The van der Waals surface area contributed by atoms with Crippen LogP contribution in [0.5, 0.6) is 5.75 Å². The van der Waals surface area contributed by atoms with Crippen molar-refractivity contribution in [1.82, 2.24) is 9.47 Å². The van der Waals surface area contributed by atoms with Crippen molar-refractivity contribution in [3.8, 4) is 5.75 Å². The molecule has 1 atom stereocenters. The first-order valence-electron chi connectivity index (χ1n) is 14.5. The highest BCUT2D eigenvalue weighted by Crippen LogP contribution is 2.58. The second-order valence-electron chi connectivity index (χ2n) is 12.7. The van der Waals surface area contributed by atoms with Gasteiger partial charge in [0.1, 0.15) is 11.4 Å². The fraction of sp³-hybridized carbons (Fsp3) is 0.455. The number of nitrogens with zero attached hydrogens (tertiary/aromatic N) is 2. The van der Waals surface area contributed by atoms with Gasteiger partial charge >= 0.3 is 18.7 Å². The van der Waals surface area contributed by atoms with Crippen molar-refractivity contribution in [3.05, 3.63) is 76.5 Å². The zero-order valence-electron chi connectivity index (χ0n) is 25.4. The molecule has 2 aliphatic rings. The molecule has 7 nitrogen and oxygen atoms in total. The van der Waals surface area contributed by atoms with Crippen molar-refractivity contribution in [1.29, 1.82) is 0 Å². The van der Waals surface area contributed by atoms with E-state index in [0.717, 1.165) is 5.56 Å². The standard InChI is InChI=1S/C33H36F4N2O5/c1-19-14-26(43-30(36)37)24(23-10-12-39(27(19)23)31(41)44-32(2,3)4)18-38-13-11-33(15-22(16-33)28(34)35)17-25(38)20-6-8-21(9-7-20)29(40)42-5/h6-10,12,14,25,30H,11,13,15-18H2,1-5H3/t25-/m0/s1. The Labute approximate surface area is 253 Å². The molecule has 44 heavy (non-hydrogen) atoms. The Morgan fingerprint density at radius 2 is 1.77 bits per heavy atom. The number of halogens is 4. The lowest BCUT2D eigenvalue weighted by atomic mass is 9.58. The summed E-state index contributed by atoms with van der Waals surface area (Å²) in [6.07, 6.45) is 1.19. The van der Waals surface area contributed by atoms with Crippen LogP contribution in [0, 0.1) is 12.3 Å². The van der Waals surface area contributed by atoms with Gasteiger partial charge in [0.25, 0.3) is 6.08 Å². The number of rotatable bonds is 6. The fourth-order valence-electron chi connectivity index (χ4n) is 6.56. The Bertz CT molecular complexity index is 1590. The van der Waals surface area contributed by atoms with Crippen molar-refractivity contribution in [2.45, 2.75) is 78.2 Å².